The molecule has 2 heterocycles. The van der Waals surface area contributed by atoms with Gasteiger partial charge >= 0.3 is 76.4 Å². The van der Waals surface area contributed by atoms with Crippen LogP contribution in [0, 0.1) is 0 Å². The number of hydrogen-bond donors (Lipinski definition) is 6. The molecule has 2 atom stereocenters. The molecule has 0 spiro atoms. The Morgan fingerprint density at radius 3 is 1.48 bits per heavy atom. The number of carbonyl (C=O) groups is 6. The SMILES string of the molecule is C=C(I)OC(=O)C1=CC=C1.CC(C(=O)c1cccc(Cl)c1)N(COC(=O)c1cc(S(N)(=O)=O)c(Cl)cc1NCc1ccco1)C(C)(C)C.CC(NC(C)(C)C)C(=O)c1cccc(Cl)c1.C[I-]C(=O)C1=CC=C1.Cl.NS(=O)(=O)c1cc(C(=O)O)c(NCc2ccco2)cc1Cl. The Bertz CT molecular complexity index is 4060. The van der Waals surface area contributed by atoms with E-state index in [2.05, 4.69) is 27.3 Å². The van der Waals surface area contributed by atoms with Crippen molar-refractivity contribution in [3.63, 3.8) is 0 Å². The first kappa shape index (κ1) is 82.0. The summed E-state index contributed by atoms with van der Waals surface area (Å²) in [4.78, 5) is 74.1. The fraction of sp³-hybridized carbons (Fsp3) is 0.250. The number of nitrogens with one attached hydrogen (secondary N) is 3. The number of nitrogens with two attached hydrogens (primary N) is 2. The topological polar surface area (TPSA) is 327 Å². The predicted octanol–water partition coefficient (Wildman–Crippen LogP) is 10.6. The number of aromatic carboxylic acids is 1. The number of carboxylic acids is 1. The van der Waals surface area contributed by atoms with Crippen LogP contribution in [0.15, 0.2) is 186 Å². The number of rotatable bonds is 22. The molecule has 30 heteroatoms. The molecule has 4 aromatic carbocycles. The van der Waals surface area contributed by atoms with E-state index >= 15 is 0 Å². The van der Waals surface area contributed by atoms with E-state index in [0.717, 1.165) is 17.7 Å². The standard InChI is InChI=1S/C26H29Cl2N3O6S.C13H18ClNO.C12H11ClN2O5S.C7H5IO2.C6H6IO.ClH/c1-16(24(32)17-7-5-8-18(27)11-17)31(26(2,3)4)15-37-25(33)20-12-23(38(29,34)35)21(28)13-22(20)30-14-19-9-6-10-36-19;1-9(15-13(2,3)4)12(16)10-6-5-7-11(14)8-10;13-9-5-10(15-6-7-2-1-3-20-7)8(12(16)17)4-11(9)21(14,18)19;1-5(8)10-7(9)6-3-2-4-6;1-7-6(8)5-3-2-4-5;/h5-13,16,30H,14-15H2,1-4H3,(H2,29,34,35);5-9,15H,1-4H3;1-5,15H,6H2,(H,16,17)(H2,14,18,19);2-4H,1H2;2-4H,1H3;1H/q;;;;-1;. The number of allylic oxidation sites excluding steroid dienone is 6. The molecule has 0 saturated heterocycles. The Labute approximate surface area is 596 Å². The van der Waals surface area contributed by atoms with Gasteiger partial charge in [0, 0.05) is 32.3 Å². The number of hydrogen-bond acceptors (Lipinski definition) is 18. The molecule has 8 rings (SSSR count). The maximum atomic E-state index is 13.3. The summed E-state index contributed by atoms with van der Waals surface area (Å²) in [5.41, 5.74) is 1.95. The van der Waals surface area contributed by atoms with Gasteiger partial charge in [-0.1, -0.05) is 76.7 Å². The number of halogens is 7. The molecule has 0 amide bonds. The van der Waals surface area contributed by atoms with Crippen LogP contribution in [-0.4, -0.2) is 94.9 Å². The summed E-state index contributed by atoms with van der Waals surface area (Å²) in [6, 6.07) is 24.0. The van der Waals surface area contributed by atoms with Gasteiger partial charge in [0.15, 0.2) is 15.3 Å². The molecule has 21 nitrogen and oxygen atoms in total. The molecule has 0 bridgehead atoms. The molecule has 94 heavy (non-hydrogen) atoms. The number of primary sulfonamides is 2. The van der Waals surface area contributed by atoms with Crippen molar-refractivity contribution < 1.29 is 90.2 Å². The molecule has 508 valence electrons. The number of furan rings is 2. The summed E-state index contributed by atoms with van der Waals surface area (Å²) in [5.74, 6) is -1.47. The van der Waals surface area contributed by atoms with Crippen LogP contribution in [0.4, 0.5) is 11.4 Å². The minimum absolute atomic E-state index is 0. The van der Waals surface area contributed by atoms with E-state index in [4.69, 9.17) is 75.4 Å². The summed E-state index contributed by atoms with van der Waals surface area (Å²) in [5, 5.41) is 29.2. The number of anilines is 2. The molecule has 2 unspecified atom stereocenters. The number of carbonyl (C=O) groups excluding carboxylic acids is 5. The minimum atomic E-state index is -4.23. The molecule has 0 radical (unpaired) electrons. The van der Waals surface area contributed by atoms with Crippen LogP contribution in [0.1, 0.15) is 108 Å². The second kappa shape index (κ2) is 37.4. The van der Waals surface area contributed by atoms with Crippen LogP contribution >= 0.6 is 81.4 Å². The third-order valence-electron chi connectivity index (χ3n) is 12.5. The van der Waals surface area contributed by atoms with Gasteiger partial charge in [-0.2, -0.15) is 0 Å². The Morgan fingerprint density at radius 1 is 0.681 bits per heavy atom. The van der Waals surface area contributed by atoms with Gasteiger partial charge in [0.25, 0.3) is 0 Å². The number of esters is 2. The smallest absolute Gasteiger partial charge is 0.337 e. The second-order valence-electron chi connectivity index (χ2n) is 21.8. The number of ketones is 2. The minimum Gasteiger partial charge on any atom is -0.478 e. The monoisotopic (exact) mass is 1660 g/mol. The quantitative estimate of drug-likeness (QED) is 0.00699. The van der Waals surface area contributed by atoms with Crippen molar-refractivity contribution in [1.82, 2.24) is 10.2 Å². The van der Waals surface area contributed by atoms with E-state index in [1.165, 1.54) is 24.7 Å². The number of benzene rings is 4. The molecule has 0 fully saturated rings. The van der Waals surface area contributed by atoms with Gasteiger partial charge in [0.05, 0.1) is 75.8 Å². The Kier molecular flexibility index (Phi) is 32.6. The van der Waals surface area contributed by atoms with Gasteiger partial charge in [0.2, 0.25) is 20.0 Å². The van der Waals surface area contributed by atoms with Gasteiger partial charge in [-0.25, -0.2) is 41.5 Å². The summed E-state index contributed by atoms with van der Waals surface area (Å²) in [7, 11) is -8.34. The molecular formula is C64H70Cl5I2N6O15S2-. The zero-order valence-corrected chi connectivity index (χ0v) is 61.9. The molecule has 8 N–H and O–H groups in total. The molecule has 0 saturated carbocycles. The van der Waals surface area contributed by atoms with Crippen molar-refractivity contribution in [3.8, 4) is 0 Å². The van der Waals surface area contributed by atoms with E-state index in [0.29, 0.717) is 45.8 Å². The van der Waals surface area contributed by atoms with Crippen LogP contribution in [0.25, 0.3) is 0 Å². The number of nitrogens with zero attached hydrogens (tertiary/aromatic N) is 1. The average molecular weight is 1660 g/mol. The number of Topliss-reactive ketones (excluding diaryl/α,β-unsaturated/α-hetero) is 2. The maximum absolute atomic E-state index is 13.3. The Morgan fingerprint density at radius 2 is 1.13 bits per heavy atom. The number of ether oxygens (including phenoxy) is 2. The normalized spacial score (nSPS) is 12.8. The first-order valence-corrected chi connectivity index (χ1v) is 36.4. The van der Waals surface area contributed by atoms with Crippen molar-refractivity contribution in [3.05, 3.63) is 221 Å². The first-order chi connectivity index (χ1) is 43.3. The maximum Gasteiger partial charge on any atom is 0.337 e. The van der Waals surface area contributed by atoms with Crippen molar-refractivity contribution >= 4 is 146 Å². The van der Waals surface area contributed by atoms with Gasteiger partial charge in [-0.05, 0) is 170 Å². The van der Waals surface area contributed by atoms with Crippen molar-refractivity contribution in [2.45, 2.75) is 101 Å². The number of alkyl halides is 1. The molecule has 2 aliphatic carbocycles. The van der Waals surface area contributed by atoms with Gasteiger partial charge in [-0.15, -0.1) is 12.4 Å². The average Bonchev–Trinajstić information content (AvgIpc) is 0.892. The van der Waals surface area contributed by atoms with Crippen molar-refractivity contribution in [1.29, 1.82) is 0 Å². The fourth-order valence-corrected chi connectivity index (χ4v) is 11.8. The van der Waals surface area contributed by atoms with Crippen LogP contribution in [0.5, 0.6) is 0 Å². The fourth-order valence-electron chi connectivity index (χ4n) is 8.02. The predicted molar refractivity (Wildman–Crippen MR) is 372 cm³/mol. The second-order valence-corrected chi connectivity index (χ2v) is 29.8. The van der Waals surface area contributed by atoms with Gasteiger partial charge in [0.1, 0.15) is 28.0 Å². The van der Waals surface area contributed by atoms with E-state index in [1.54, 1.807) is 103 Å². The van der Waals surface area contributed by atoms with Gasteiger partial charge < -0.3 is 39.4 Å². The molecule has 2 aliphatic rings. The van der Waals surface area contributed by atoms with Crippen LogP contribution in [0.2, 0.25) is 20.1 Å². The Hall–Kier alpha value is -6.19. The van der Waals surface area contributed by atoms with E-state index in [-0.39, 0.29) is 115 Å². The van der Waals surface area contributed by atoms with Crippen molar-refractivity contribution in [2.75, 3.05) is 22.3 Å². The molecule has 0 aliphatic heterocycles. The molecule has 6 aromatic rings. The van der Waals surface area contributed by atoms with Crippen LogP contribution in [-0.2, 0) is 52.2 Å². The number of sulfonamides is 2. The first-order valence-electron chi connectivity index (χ1n) is 27.5. The number of carboxylic acid groups (broad SMARTS) is 1. The summed E-state index contributed by atoms with van der Waals surface area (Å²) in [6.07, 6.45) is 13.8. The molecular weight excluding hydrogens is 1590 g/mol. The zero-order chi connectivity index (χ0) is 69.8. The third kappa shape index (κ3) is 26.8. The van der Waals surface area contributed by atoms with E-state index in [9.17, 15) is 45.6 Å². The summed E-state index contributed by atoms with van der Waals surface area (Å²) in [6.45, 7) is 18.9. The van der Waals surface area contributed by atoms with Gasteiger partial charge in [-0.3, -0.25) is 14.5 Å². The van der Waals surface area contributed by atoms with E-state index in [1.807, 2.05) is 94.2 Å². The van der Waals surface area contributed by atoms with E-state index < -0.39 is 53.4 Å². The summed E-state index contributed by atoms with van der Waals surface area (Å²) < 4.78 is 68.2. The van der Waals surface area contributed by atoms with Crippen LogP contribution < -0.4 is 47.4 Å². The zero-order valence-electron chi connectivity index (χ0n) is 52.1. The Balaban J connectivity index is 0.000000344. The van der Waals surface area contributed by atoms with Crippen molar-refractivity contribution in [2.24, 2.45) is 10.3 Å². The van der Waals surface area contributed by atoms with Crippen LogP contribution in [0.3, 0.4) is 0 Å². The third-order valence-corrected chi connectivity index (χ3v) is 17.6. The largest absolute Gasteiger partial charge is 0.478 e. The summed E-state index contributed by atoms with van der Waals surface area (Å²) >= 11 is 25.5. The molecule has 2 aromatic heterocycles.